The van der Waals surface area contributed by atoms with E-state index in [2.05, 4.69) is 20.6 Å². The van der Waals surface area contributed by atoms with Gasteiger partial charge in [-0.05, 0) is 31.5 Å². The van der Waals surface area contributed by atoms with Gasteiger partial charge >= 0.3 is 6.18 Å². The van der Waals surface area contributed by atoms with Crippen molar-refractivity contribution in [1.29, 1.82) is 0 Å². The summed E-state index contributed by atoms with van der Waals surface area (Å²) in [6.07, 6.45) is -3.81. The van der Waals surface area contributed by atoms with Gasteiger partial charge in [0.15, 0.2) is 5.01 Å². The Morgan fingerprint density at radius 3 is 2.54 bits per heavy atom. The molecule has 0 spiro atoms. The predicted octanol–water partition coefficient (Wildman–Crippen LogP) is 5.40. The molecule has 0 aliphatic heterocycles. The lowest BCUT2D eigenvalue weighted by Crippen LogP contribution is -2.50. The van der Waals surface area contributed by atoms with Gasteiger partial charge in [-0.3, -0.25) is 14.4 Å². The van der Waals surface area contributed by atoms with Crippen LogP contribution in [0.15, 0.2) is 36.0 Å². The van der Waals surface area contributed by atoms with Gasteiger partial charge in [0.25, 0.3) is 5.91 Å². The second-order valence-corrected chi connectivity index (χ2v) is 10.0. The summed E-state index contributed by atoms with van der Waals surface area (Å²) in [4.78, 5) is 45.9. The molecule has 0 aliphatic carbocycles. The summed E-state index contributed by atoms with van der Waals surface area (Å²) in [6, 6.07) is 2.20. The maximum Gasteiger partial charge on any atom is 0.389 e. The number of aromatic nitrogens is 2. The van der Waals surface area contributed by atoms with E-state index in [1.165, 1.54) is 24.7 Å². The number of carbonyl (C=O) groups excluding carboxylic acids is 3. The molecular weight excluding hydrogens is 548 g/mol. The smallest absolute Gasteiger partial charge is 0.344 e. The Labute approximate surface area is 215 Å². The van der Waals surface area contributed by atoms with Crippen LogP contribution in [0.3, 0.4) is 0 Å². The molecule has 7 nitrogen and oxygen atoms in total. The fraction of sp³-hybridized carbons (Fsp3) is 0.286. The Balaban J connectivity index is 1.66. The highest BCUT2D eigenvalue weighted by Crippen LogP contribution is 2.33. The molecule has 3 rings (SSSR count). The van der Waals surface area contributed by atoms with Gasteiger partial charge in [0.2, 0.25) is 11.7 Å². The number of amides is 2. The van der Waals surface area contributed by atoms with Gasteiger partial charge in [-0.15, -0.1) is 22.7 Å². The molecule has 0 saturated carbocycles. The Kier molecular flexibility index (Phi) is 8.86. The first kappa shape index (κ1) is 27.1. The predicted molar refractivity (Wildman–Crippen MR) is 128 cm³/mol. The highest BCUT2D eigenvalue weighted by Gasteiger charge is 2.33. The molecule has 186 valence electrons. The van der Waals surface area contributed by atoms with Crippen LogP contribution in [-0.2, 0) is 4.79 Å². The lowest BCUT2D eigenvalue weighted by molar-refractivity contribution is -0.137. The standard InChI is InChI=1S/C21H17Cl2F3N4O3S2/c1-10(17(32)30-14(4-5-21(24,25)26)16(31)20-27-6-7-34-20)29-18(33)15-9-28-19(35-15)12-8-11(22)2-3-13(12)23/h2-3,6-10,14H,4-5H2,1H3,(H,29,33)(H,30,32)/t10-,14-/m0/s1. The summed E-state index contributed by atoms with van der Waals surface area (Å²) >= 11 is 14.1. The minimum absolute atomic E-state index is 0.0222. The van der Waals surface area contributed by atoms with E-state index in [-0.39, 0.29) is 9.88 Å². The van der Waals surface area contributed by atoms with Gasteiger partial charge in [-0.2, -0.15) is 13.2 Å². The number of nitrogens with zero attached hydrogens (tertiary/aromatic N) is 2. The van der Waals surface area contributed by atoms with E-state index in [9.17, 15) is 27.6 Å². The summed E-state index contributed by atoms with van der Waals surface area (Å²) in [5, 5.41) is 7.48. The van der Waals surface area contributed by atoms with Crippen molar-refractivity contribution < 1.29 is 27.6 Å². The second-order valence-electron chi connectivity index (χ2n) is 7.27. The van der Waals surface area contributed by atoms with Crippen LogP contribution in [0.25, 0.3) is 10.6 Å². The Morgan fingerprint density at radius 2 is 1.89 bits per heavy atom. The fourth-order valence-electron chi connectivity index (χ4n) is 2.87. The van der Waals surface area contributed by atoms with E-state index >= 15 is 0 Å². The number of halogens is 5. The first-order valence-corrected chi connectivity index (χ1v) is 12.4. The van der Waals surface area contributed by atoms with Crippen molar-refractivity contribution >= 4 is 63.5 Å². The lowest BCUT2D eigenvalue weighted by atomic mass is 10.1. The molecule has 0 saturated heterocycles. The number of thiazole rings is 2. The summed E-state index contributed by atoms with van der Waals surface area (Å²) in [5.41, 5.74) is 0.530. The minimum atomic E-state index is -4.51. The molecule has 1 aromatic carbocycles. The second kappa shape index (κ2) is 11.5. The number of benzene rings is 1. The molecule has 0 fully saturated rings. The van der Waals surface area contributed by atoms with E-state index in [4.69, 9.17) is 23.2 Å². The van der Waals surface area contributed by atoms with E-state index < -0.39 is 48.7 Å². The number of nitrogens with one attached hydrogen (secondary N) is 2. The number of Topliss-reactive ketones (excluding diaryl/α,β-unsaturated/α-hetero) is 1. The molecule has 0 bridgehead atoms. The molecule has 14 heteroatoms. The Bertz CT molecular complexity index is 1220. The zero-order valence-electron chi connectivity index (χ0n) is 17.9. The van der Waals surface area contributed by atoms with E-state index in [0.717, 1.165) is 22.7 Å². The SMILES string of the molecule is C[C@H](NC(=O)c1cnc(-c2cc(Cl)ccc2Cl)s1)C(=O)N[C@@H](CCC(F)(F)F)C(=O)c1nccs1. The highest BCUT2D eigenvalue weighted by molar-refractivity contribution is 7.17. The van der Waals surface area contributed by atoms with Gasteiger partial charge in [-0.25, -0.2) is 9.97 Å². The Morgan fingerprint density at radius 1 is 1.14 bits per heavy atom. The average Bonchev–Trinajstić information content (AvgIpc) is 3.49. The van der Waals surface area contributed by atoms with Crippen LogP contribution in [0.5, 0.6) is 0 Å². The Hall–Kier alpha value is -2.54. The monoisotopic (exact) mass is 564 g/mol. The van der Waals surface area contributed by atoms with Crippen LogP contribution >= 0.6 is 45.9 Å². The molecule has 0 radical (unpaired) electrons. The number of ketones is 1. The number of alkyl halides is 3. The topological polar surface area (TPSA) is 101 Å². The maximum atomic E-state index is 12.7. The van der Waals surface area contributed by atoms with Crippen molar-refractivity contribution in [2.75, 3.05) is 0 Å². The van der Waals surface area contributed by atoms with Gasteiger partial charge in [0.1, 0.15) is 15.9 Å². The fourth-order valence-corrected chi connectivity index (χ4v) is 4.78. The van der Waals surface area contributed by atoms with Crippen LogP contribution in [0.1, 0.15) is 39.2 Å². The average molecular weight is 565 g/mol. The van der Waals surface area contributed by atoms with E-state index in [1.54, 1.807) is 18.2 Å². The quantitative estimate of drug-likeness (QED) is 0.339. The number of hydrogen-bond donors (Lipinski definition) is 2. The molecule has 3 aromatic rings. The number of hydrogen-bond acceptors (Lipinski definition) is 7. The van der Waals surface area contributed by atoms with Crippen molar-refractivity contribution in [3.63, 3.8) is 0 Å². The molecular formula is C21H17Cl2F3N4O3S2. The van der Waals surface area contributed by atoms with Crippen LogP contribution in [0.2, 0.25) is 10.0 Å². The van der Waals surface area contributed by atoms with Crippen LogP contribution in [0, 0.1) is 0 Å². The highest BCUT2D eigenvalue weighted by atomic mass is 35.5. The summed E-state index contributed by atoms with van der Waals surface area (Å²) in [6.45, 7) is 1.34. The molecule has 2 heterocycles. The molecule has 35 heavy (non-hydrogen) atoms. The molecule has 2 atom stereocenters. The summed E-state index contributed by atoms with van der Waals surface area (Å²) < 4.78 is 38.2. The van der Waals surface area contributed by atoms with E-state index in [1.807, 2.05) is 0 Å². The summed E-state index contributed by atoms with van der Waals surface area (Å²) in [7, 11) is 0. The van der Waals surface area contributed by atoms with Gasteiger partial charge in [-0.1, -0.05) is 23.2 Å². The maximum absolute atomic E-state index is 12.7. The summed E-state index contributed by atoms with van der Waals surface area (Å²) in [5.74, 6) is -2.19. The molecule has 2 aromatic heterocycles. The number of rotatable bonds is 9. The molecule has 2 amide bonds. The third kappa shape index (κ3) is 7.47. The van der Waals surface area contributed by atoms with Crippen molar-refractivity contribution in [2.45, 2.75) is 38.0 Å². The zero-order chi connectivity index (χ0) is 25.8. The van der Waals surface area contributed by atoms with Gasteiger partial charge < -0.3 is 10.6 Å². The van der Waals surface area contributed by atoms with Crippen LogP contribution < -0.4 is 10.6 Å². The first-order valence-electron chi connectivity index (χ1n) is 9.97. The van der Waals surface area contributed by atoms with Gasteiger partial charge in [0, 0.05) is 28.6 Å². The first-order chi connectivity index (χ1) is 16.4. The normalized spacial score (nSPS) is 13.2. The van der Waals surface area contributed by atoms with Crippen molar-refractivity contribution in [2.24, 2.45) is 0 Å². The van der Waals surface area contributed by atoms with Crippen molar-refractivity contribution in [1.82, 2.24) is 20.6 Å². The van der Waals surface area contributed by atoms with Gasteiger partial charge in [0.05, 0.1) is 17.3 Å². The largest absolute Gasteiger partial charge is 0.389 e. The molecule has 0 aliphatic rings. The van der Waals surface area contributed by atoms with Crippen LogP contribution in [0.4, 0.5) is 13.2 Å². The van der Waals surface area contributed by atoms with Crippen molar-refractivity contribution in [3.05, 3.63) is 55.9 Å². The number of carbonyl (C=O) groups is 3. The minimum Gasteiger partial charge on any atom is -0.344 e. The van der Waals surface area contributed by atoms with E-state index in [0.29, 0.717) is 20.6 Å². The lowest BCUT2D eigenvalue weighted by Gasteiger charge is -2.20. The zero-order valence-corrected chi connectivity index (χ0v) is 21.0. The third-order valence-corrected chi connectivity index (χ3v) is 7.00. The molecule has 0 unspecified atom stereocenters. The van der Waals surface area contributed by atoms with Crippen molar-refractivity contribution in [3.8, 4) is 10.6 Å². The third-order valence-electron chi connectivity index (χ3n) is 4.62. The molecule has 2 N–H and O–H groups in total. The van der Waals surface area contributed by atoms with Crippen LogP contribution in [-0.4, -0.2) is 45.8 Å².